The lowest BCUT2D eigenvalue weighted by Gasteiger charge is -2.36. The third kappa shape index (κ3) is 6.34. The lowest BCUT2D eigenvalue weighted by Crippen LogP contribution is -2.46. The second kappa shape index (κ2) is 9.69. The van der Waals surface area contributed by atoms with Crippen LogP contribution in [-0.2, 0) is 9.47 Å². The molecular formula is C17H22F3N3O5. The number of nitro benzene ring substituents is 1. The van der Waals surface area contributed by atoms with Gasteiger partial charge in [0.05, 0.1) is 12.0 Å². The number of hydrogen-bond donors (Lipinski definition) is 0. The molecule has 8 nitrogen and oxygen atoms in total. The Kier molecular flexibility index (Phi) is 7.58. The van der Waals surface area contributed by atoms with E-state index in [4.69, 9.17) is 0 Å². The fourth-order valence-corrected chi connectivity index (χ4v) is 2.96. The molecule has 0 radical (unpaired) electrons. The second-order valence-electron chi connectivity index (χ2n) is 6.30. The van der Waals surface area contributed by atoms with Crippen molar-refractivity contribution in [2.24, 2.45) is 0 Å². The molecule has 11 heteroatoms. The lowest BCUT2D eigenvalue weighted by atomic mass is 10.1. The molecule has 1 fully saturated rings. The van der Waals surface area contributed by atoms with E-state index in [1.165, 1.54) is 12.1 Å². The molecule has 1 aromatic rings. The first-order valence-electron chi connectivity index (χ1n) is 8.70. The van der Waals surface area contributed by atoms with Crippen molar-refractivity contribution < 1.29 is 32.4 Å². The number of esters is 1. The molecule has 0 N–H and O–H groups in total. The van der Waals surface area contributed by atoms with Gasteiger partial charge in [-0.05, 0) is 18.6 Å². The van der Waals surface area contributed by atoms with Crippen molar-refractivity contribution in [1.29, 1.82) is 0 Å². The van der Waals surface area contributed by atoms with Gasteiger partial charge in [0.1, 0.15) is 12.2 Å². The number of piperazine rings is 1. The molecule has 28 heavy (non-hydrogen) atoms. The minimum Gasteiger partial charge on any atom is -0.465 e. The summed E-state index contributed by atoms with van der Waals surface area (Å²) in [7, 11) is 1.16. The minimum absolute atomic E-state index is 0.0462. The number of halogens is 3. The average molecular weight is 405 g/mol. The molecule has 1 saturated heterocycles. The topological polar surface area (TPSA) is 85.2 Å². The van der Waals surface area contributed by atoms with Gasteiger partial charge >= 0.3 is 12.1 Å². The zero-order chi connectivity index (χ0) is 20.7. The Hall–Kier alpha value is -2.40. The van der Waals surface area contributed by atoms with Gasteiger partial charge in [-0.3, -0.25) is 15.0 Å². The predicted octanol–water partition coefficient (Wildman–Crippen LogP) is 2.47. The van der Waals surface area contributed by atoms with Crippen LogP contribution in [0.4, 0.5) is 24.5 Å². The third-order valence-electron chi connectivity index (χ3n) is 4.35. The summed E-state index contributed by atoms with van der Waals surface area (Å²) in [6.07, 6.45) is -3.81. The number of methoxy groups -OCH3 is 1. The Morgan fingerprint density at radius 3 is 2.50 bits per heavy atom. The first-order valence-corrected chi connectivity index (χ1v) is 8.70. The van der Waals surface area contributed by atoms with Gasteiger partial charge < -0.3 is 14.4 Å². The maximum Gasteiger partial charge on any atom is 0.411 e. The van der Waals surface area contributed by atoms with E-state index in [0.717, 1.165) is 7.11 Å². The van der Waals surface area contributed by atoms with Crippen LogP contribution in [0.5, 0.6) is 0 Å². The summed E-state index contributed by atoms with van der Waals surface area (Å²) in [5, 5.41) is 11.1. The molecule has 0 spiro atoms. The number of carbonyl (C=O) groups excluding carboxylic acids is 1. The predicted molar refractivity (Wildman–Crippen MR) is 94.6 cm³/mol. The maximum absolute atomic E-state index is 12.0. The first kappa shape index (κ1) is 21.9. The summed E-state index contributed by atoms with van der Waals surface area (Å²) in [5.74, 6) is -0.772. The molecule has 1 heterocycles. The van der Waals surface area contributed by atoms with Gasteiger partial charge in [0, 0.05) is 51.1 Å². The zero-order valence-electron chi connectivity index (χ0n) is 15.4. The summed E-state index contributed by atoms with van der Waals surface area (Å²) in [4.78, 5) is 26.4. The second-order valence-corrected chi connectivity index (χ2v) is 6.30. The van der Waals surface area contributed by atoms with E-state index in [1.807, 2.05) is 4.90 Å². The van der Waals surface area contributed by atoms with Crippen LogP contribution in [0.15, 0.2) is 18.2 Å². The fourth-order valence-electron chi connectivity index (χ4n) is 2.96. The van der Waals surface area contributed by atoms with Crippen LogP contribution in [0.25, 0.3) is 0 Å². The van der Waals surface area contributed by atoms with Gasteiger partial charge in [-0.15, -0.1) is 0 Å². The molecule has 1 aliphatic heterocycles. The summed E-state index contributed by atoms with van der Waals surface area (Å²) in [6, 6.07) is 4.32. The highest BCUT2D eigenvalue weighted by atomic mass is 19.4. The van der Waals surface area contributed by atoms with Gasteiger partial charge in [-0.2, -0.15) is 13.2 Å². The van der Waals surface area contributed by atoms with Crippen molar-refractivity contribution in [1.82, 2.24) is 4.90 Å². The minimum atomic E-state index is -4.31. The lowest BCUT2D eigenvalue weighted by molar-refractivity contribution is -0.385. The SMILES string of the molecule is COC(=O)c1cc(N2CCN(CCCOCC(F)(F)F)CC2)ccc1[N+](=O)[O-]. The number of benzene rings is 1. The van der Waals surface area contributed by atoms with E-state index >= 15 is 0 Å². The highest BCUT2D eigenvalue weighted by Crippen LogP contribution is 2.26. The molecule has 0 unspecified atom stereocenters. The van der Waals surface area contributed by atoms with Crippen LogP contribution >= 0.6 is 0 Å². The number of carbonyl (C=O) groups is 1. The molecule has 1 aliphatic rings. The number of ether oxygens (including phenoxy) is 2. The van der Waals surface area contributed by atoms with Gasteiger partial charge in [0.2, 0.25) is 0 Å². The van der Waals surface area contributed by atoms with Crippen molar-refractivity contribution in [2.45, 2.75) is 12.6 Å². The van der Waals surface area contributed by atoms with Crippen molar-refractivity contribution in [2.75, 3.05) is 57.9 Å². The highest BCUT2D eigenvalue weighted by Gasteiger charge is 2.27. The van der Waals surface area contributed by atoms with Crippen molar-refractivity contribution >= 4 is 17.3 Å². The van der Waals surface area contributed by atoms with Crippen molar-refractivity contribution in [3.63, 3.8) is 0 Å². The summed E-state index contributed by atoms with van der Waals surface area (Å²) in [6.45, 7) is 2.06. The smallest absolute Gasteiger partial charge is 0.411 e. The Morgan fingerprint density at radius 2 is 1.93 bits per heavy atom. The highest BCUT2D eigenvalue weighted by molar-refractivity contribution is 5.95. The number of rotatable bonds is 8. The number of hydrogen-bond acceptors (Lipinski definition) is 7. The van der Waals surface area contributed by atoms with E-state index in [-0.39, 0.29) is 17.9 Å². The van der Waals surface area contributed by atoms with Crippen LogP contribution in [-0.4, -0.2) is 75.0 Å². The van der Waals surface area contributed by atoms with Gasteiger partial charge in [0.15, 0.2) is 0 Å². The summed E-state index contributed by atoms with van der Waals surface area (Å²) < 4.78 is 45.2. The first-order chi connectivity index (χ1) is 13.2. The molecule has 0 saturated carbocycles. The standard InChI is InChI=1S/C17H22F3N3O5/c1-27-16(24)14-11-13(3-4-15(14)23(25)26)22-8-6-21(7-9-22)5-2-10-28-12-17(18,19)20/h3-4,11H,2,5-10,12H2,1H3. The molecule has 0 bridgehead atoms. The zero-order valence-corrected chi connectivity index (χ0v) is 15.4. The number of alkyl halides is 3. The average Bonchev–Trinajstić information content (AvgIpc) is 2.66. The van der Waals surface area contributed by atoms with Crippen molar-refractivity contribution in [3.05, 3.63) is 33.9 Å². The van der Waals surface area contributed by atoms with E-state index < -0.39 is 23.7 Å². The maximum atomic E-state index is 12.0. The molecule has 1 aromatic carbocycles. The normalized spacial score (nSPS) is 15.5. The Morgan fingerprint density at radius 1 is 1.25 bits per heavy atom. The number of anilines is 1. The molecule has 0 aromatic heterocycles. The van der Waals surface area contributed by atoms with Gasteiger partial charge in [-0.1, -0.05) is 0 Å². The van der Waals surface area contributed by atoms with Crippen LogP contribution in [0.1, 0.15) is 16.8 Å². The Labute approximate surface area is 159 Å². The molecule has 0 amide bonds. The Balaban J connectivity index is 1.86. The van der Waals surface area contributed by atoms with Crippen molar-refractivity contribution in [3.8, 4) is 0 Å². The molecular weight excluding hydrogens is 383 g/mol. The quantitative estimate of drug-likeness (QED) is 0.284. The van der Waals surface area contributed by atoms with Crippen LogP contribution in [0, 0.1) is 10.1 Å². The van der Waals surface area contributed by atoms with Gasteiger partial charge in [-0.25, -0.2) is 4.79 Å². The Bertz CT molecular complexity index is 691. The summed E-state index contributed by atoms with van der Waals surface area (Å²) in [5.41, 5.74) is 0.265. The fraction of sp³-hybridized carbons (Fsp3) is 0.588. The van der Waals surface area contributed by atoms with E-state index in [2.05, 4.69) is 14.4 Å². The van der Waals surface area contributed by atoms with Crippen LogP contribution < -0.4 is 4.90 Å². The largest absolute Gasteiger partial charge is 0.465 e. The molecule has 0 aliphatic carbocycles. The van der Waals surface area contributed by atoms with Crippen LogP contribution in [0.2, 0.25) is 0 Å². The molecule has 2 rings (SSSR count). The van der Waals surface area contributed by atoms with Crippen LogP contribution in [0.3, 0.4) is 0 Å². The molecule has 0 atom stereocenters. The van der Waals surface area contributed by atoms with E-state index in [0.29, 0.717) is 44.8 Å². The van der Waals surface area contributed by atoms with Gasteiger partial charge in [0.25, 0.3) is 5.69 Å². The summed E-state index contributed by atoms with van der Waals surface area (Å²) >= 11 is 0. The van der Waals surface area contributed by atoms with E-state index in [9.17, 15) is 28.1 Å². The third-order valence-corrected chi connectivity index (χ3v) is 4.35. The number of nitrogens with zero attached hydrogens (tertiary/aromatic N) is 3. The molecule has 156 valence electrons. The number of nitro groups is 1. The van der Waals surface area contributed by atoms with E-state index in [1.54, 1.807) is 6.07 Å². The monoisotopic (exact) mass is 405 g/mol.